The van der Waals surface area contributed by atoms with Crippen molar-refractivity contribution in [3.8, 4) is 11.3 Å². The zero-order chi connectivity index (χ0) is 16.7. The largest absolute Gasteiger partial charge is 0.461 e. The first-order chi connectivity index (χ1) is 11.7. The van der Waals surface area contributed by atoms with Crippen molar-refractivity contribution in [2.75, 3.05) is 6.61 Å². The number of hydrogen-bond donors (Lipinski definition) is 0. The summed E-state index contributed by atoms with van der Waals surface area (Å²) in [5.41, 5.74) is 4.69. The van der Waals surface area contributed by atoms with Crippen molar-refractivity contribution in [3.63, 3.8) is 0 Å². The third kappa shape index (κ3) is 2.21. The molecule has 0 atom stereocenters. The molecule has 0 saturated carbocycles. The van der Waals surface area contributed by atoms with Crippen molar-refractivity contribution in [2.24, 2.45) is 0 Å². The molecule has 3 heterocycles. The summed E-state index contributed by atoms with van der Waals surface area (Å²) in [6.07, 6.45) is 2.99. The average molecular weight is 322 g/mol. The van der Waals surface area contributed by atoms with Gasteiger partial charge in [0.25, 0.3) is 0 Å². The van der Waals surface area contributed by atoms with Gasteiger partial charge in [-0.2, -0.15) is 0 Å². The third-order valence-electron chi connectivity index (χ3n) is 3.79. The molecule has 0 amide bonds. The molecule has 4 rings (SSSR count). The molecule has 0 saturated heterocycles. The van der Waals surface area contributed by atoms with E-state index in [1.165, 1.54) is 6.39 Å². The van der Waals surface area contributed by atoms with Crippen LogP contribution in [0.4, 0.5) is 0 Å². The zero-order valence-corrected chi connectivity index (χ0v) is 13.2. The Balaban J connectivity index is 1.89. The van der Waals surface area contributed by atoms with E-state index in [0.29, 0.717) is 17.8 Å². The molecule has 7 nitrogen and oxygen atoms in total. The second-order valence-electron chi connectivity index (χ2n) is 5.32. The van der Waals surface area contributed by atoms with Crippen LogP contribution in [0.3, 0.4) is 0 Å². The molecule has 4 aromatic rings. The number of imidazole rings is 1. The molecule has 0 N–H and O–H groups in total. The van der Waals surface area contributed by atoms with Crippen molar-refractivity contribution >= 4 is 22.7 Å². The van der Waals surface area contributed by atoms with E-state index in [-0.39, 0.29) is 5.69 Å². The highest BCUT2D eigenvalue weighted by molar-refractivity contribution is 5.94. The first-order valence-corrected chi connectivity index (χ1v) is 7.53. The maximum Gasteiger partial charge on any atom is 0.360 e. The summed E-state index contributed by atoms with van der Waals surface area (Å²) in [4.78, 5) is 25.0. The number of carbonyl (C=O) groups excluding carboxylic acids is 1. The number of oxazole rings is 1. The standard InChI is InChI=1S/C17H14N4O3/c1-3-23-17(22)15-16-20-12(6-10(2)21(16)8-18-15)11-4-5-14-13(7-11)19-9-24-14/h4-9H,3H2,1-2H3. The van der Waals surface area contributed by atoms with Crippen LogP contribution >= 0.6 is 0 Å². The predicted molar refractivity (Wildman–Crippen MR) is 86.7 cm³/mol. The lowest BCUT2D eigenvalue weighted by Crippen LogP contribution is -2.07. The topological polar surface area (TPSA) is 82.5 Å². The fourth-order valence-corrected chi connectivity index (χ4v) is 2.63. The number of ether oxygens (including phenoxy) is 1. The summed E-state index contributed by atoms with van der Waals surface area (Å²) in [6, 6.07) is 7.59. The van der Waals surface area contributed by atoms with Gasteiger partial charge in [-0.05, 0) is 38.1 Å². The Morgan fingerprint density at radius 2 is 2.17 bits per heavy atom. The molecule has 7 heteroatoms. The number of esters is 1. The highest BCUT2D eigenvalue weighted by Crippen LogP contribution is 2.24. The van der Waals surface area contributed by atoms with E-state index >= 15 is 0 Å². The molecule has 1 aromatic carbocycles. The van der Waals surface area contributed by atoms with Crippen LogP contribution in [-0.2, 0) is 4.74 Å². The summed E-state index contributed by atoms with van der Waals surface area (Å²) in [5.74, 6) is -0.476. The number of benzene rings is 1. The molecule has 0 aliphatic heterocycles. The number of carbonyl (C=O) groups is 1. The van der Waals surface area contributed by atoms with Crippen molar-refractivity contribution in [3.05, 3.63) is 48.4 Å². The van der Waals surface area contributed by atoms with Crippen LogP contribution in [0.25, 0.3) is 28.0 Å². The van der Waals surface area contributed by atoms with Gasteiger partial charge >= 0.3 is 5.97 Å². The minimum Gasteiger partial charge on any atom is -0.461 e. The van der Waals surface area contributed by atoms with Crippen molar-refractivity contribution < 1.29 is 13.9 Å². The van der Waals surface area contributed by atoms with Gasteiger partial charge < -0.3 is 9.15 Å². The monoisotopic (exact) mass is 322 g/mol. The summed E-state index contributed by atoms with van der Waals surface area (Å²) >= 11 is 0. The van der Waals surface area contributed by atoms with Gasteiger partial charge in [-0.15, -0.1) is 0 Å². The van der Waals surface area contributed by atoms with Crippen LogP contribution in [-0.4, -0.2) is 31.9 Å². The summed E-state index contributed by atoms with van der Waals surface area (Å²) < 4.78 is 12.1. The second kappa shape index (κ2) is 5.45. The normalized spacial score (nSPS) is 11.2. The molecule has 0 unspecified atom stereocenters. The second-order valence-corrected chi connectivity index (χ2v) is 5.32. The Morgan fingerprint density at radius 3 is 3.00 bits per heavy atom. The lowest BCUT2D eigenvalue weighted by atomic mass is 10.1. The van der Waals surface area contributed by atoms with Gasteiger partial charge in [0.2, 0.25) is 0 Å². The van der Waals surface area contributed by atoms with Gasteiger partial charge in [0.05, 0.1) is 12.3 Å². The Labute approximate surface area is 136 Å². The lowest BCUT2D eigenvalue weighted by Gasteiger charge is -2.06. The van der Waals surface area contributed by atoms with Gasteiger partial charge in [-0.3, -0.25) is 4.40 Å². The fraction of sp³-hybridized carbons (Fsp3) is 0.176. The Kier molecular flexibility index (Phi) is 3.26. The van der Waals surface area contributed by atoms with E-state index < -0.39 is 5.97 Å². The lowest BCUT2D eigenvalue weighted by molar-refractivity contribution is 0.0522. The van der Waals surface area contributed by atoms with Gasteiger partial charge in [-0.25, -0.2) is 19.7 Å². The summed E-state index contributed by atoms with van der Waals surface area (Å²) in [5, 5.41) is 0. The Morgan fingerprint density at radius 1 is 1.29 bits per heavy atom. The van der Waals surface area contributed by atoms with Crippen molar-refractivity contribution in [1.82, 2.24) is 19.4 Å². The van der Waals surface area contributed by atoms with Crippen LogP contribution in [0.15, 0.2) is 41.4 Å². The minimum atomic E-state index is -0.476. The van der Waals surface area contributed by atoms with Crippen molar-refractivity contribution in [2.45, 2.75) is 13.8 Å². The van der Waals surface area contributed by atoms with Gasteiger partial charge in [0.1, 0.15) is 11.8 Å². The van der Waals surface area contributed by atoms with E-state index in [1.54, 1.807) is 17.7 Å². The molecule has 0 radical (unpaired) electrons. The summed E-state index contributed by atoms with van der Waals surface area (Å²) in [7, 11) is 0. The highest BCUT2D eigenvalue weighted by atomic mass is 16.5. The molecular formula is C17H14N4O3. The number of nitrogens with zero attached hydrogens (tertiary/aromatic N) is 4. The number of aromatic nitrogens is 4. The Bertz CT molecular complexity index is 1060. The smallest absolute Gasteiger partial charge is 0.360 e. The maximum atomic E-state index is 12.1. The van der Waals surface area contributed by atoms with E-state index in [2.05, 4.69) is 15.0 Å². The third-order valence-corrected chi connectivity index (χ3v) is 3.79. The van der Waals surface area contributed by atoms with E-state index in [4.69, 9.17) is 9.15 Å². The van der Waals surface area contributed by atoms with Crippen LogP contribution in [0.1, 0.15) is 23.1 Å². The molecule has 0 bridgehead atoms. The average Bonchev–Trinajstić information content (AvgIpc) is 3.21. The molecular weight excluding hydrogens is 308 g/mol. The molecule has 0 spiro atoms. The number of fused-ring (bicyclic) bond motifs is 2. The van der Waals surface area contributed by atoms with Crippen LogP contribution in [0, 0.1) is 6.92 Å². The highest BCUT2D eigenvalue weighted by Gasteiger charge is 2.18. The van der Waals surface area contributed by atoms with Crippen LogP contribution in [0.2, 0.25) is 0 Å². The van der Waals surface area contributed by atoms with Crippen LogP contribution in [0.5, 0.6) is 0 Å². The SMILES string of the molecule is CCOC(=O)c1ncn2c(C)cc(-c3ccc4ocnc4c3)nc12. The van der Waals surface area contributed by atoms with Gasteiger partial charge in [-0.1, -0.05) is 0 Å². The molecule has 24 heavy (non-hydrogen) atoms. The van der Waals surface area contributed by atoms with E-state index in [1.807, 2.05) is 31.2 Å². The van der Waals surface area contributed by atoms with E-state index in [9.17, 15) is 4.79 Å². The van der Waals surface area contributed by atoms with Crippen LogP contribution < -0.4 is 0 Å². The molecule has 120 valence electrons. The minimum absolute atomic E-state index is 0.212. The van der Waals surface area contributed by atoms with Gasteiger partial charge in [0.15, 0.2) is 23.3 Å². The predicted octanol–water partition coefficient (Wildman–Crippen LogP) is 3.02. The molecule has 3 aromatic heterocycles. The fourth-order valence-electron chi connectivity index (χ4n) is 2.63. The number of rotatable bonds is 3. The summed E-state index contributed by atoms with van der Waals surface area (Å²) in [6.45, 7) is 3.98. The molecule has 0 aliphatic carbocycles. The van der Waals surface area contributed by atoms with E-state index in [0.717, 1.165) is 22.5 Å². The first kappa shape index (κ1) is 14.4. The number of hydrogen-bond acceptors (Lipinski definition) is 6. The van der Waals surface area contributed by atoms with Gasteiger partial charge in [0, 0.05) is 11.3 Å². The quantitative estimate of drug-likeness (QED) is 0.539. The molecule has 0 aliphatic rings. The number of aryl methyl sites for hydroxylation is 1. The Hall–Kier alpha value is -3.22. The first-order valence-electron chi connectivity index (χ1n) is 7.53. The zero-order valence-electron chi connectivity index (χ0n) is 13.2. The van der Waals surface area contributed by atoms with Crippen molar-refractivity contribution in [1.29, 1.82) is 0 Å². The molecule has 0 fully saturated rings. The maximum absolute atomic E-state index is 12.1.